The first-order valence-electron chi connectivity index (χ1n) is 5.80. The lowest BCUT2D eigenvalue weighted by Gasteiger charge is -2.19. The van der Waals surface area contributed by atoms with Crippen LogP contribution in [0, 0.1) is 0 Å². The van der Waals surface area contributed by atoms with Gasteiger partial charge in [-0.3, -0.25) is 0 Å². The fraction of sp³-hybridized carbons (Fsp3) is 0.462. The van der Waals surface area contributed by atoms with Crippen LogP contribution in [0.2, 0.25) is 0 Å². The van der Waals surface area contributed by atoms with Gasteiger partial charge < -0.3 is 9.66 Å². The summed E-state index contributed by atoms with van der Waals surface area (Å²) in [5.74, 6) is -0.508. The molecule has 0 spiro atoms. The molecule has 1 atom stereocenters. The van der Waals surface area contributed by atoms with Crippen molar-refractivity contribution in [2.24, 2.45) is 4.40 Å². The minimum Gasteiger partial charge on any atom is -0.591 e. The molecule has 0 radical (unpaired) electrons. The Labute approximate surface area is 118 Å². The third-order valence-electron chi connectivity index (χ3n) is 2.41. The minimum absolute atomic E-state index is 0.0925. The molecular weight excluding hydrogens is 291 g/mol. The second-order valence-corrected chi connectivity index (χ2v) is 7.21. The van der Waals surface area contributed by atoms with E-state index in [-0.39, 0.29) is 11.3 Å². The smallest absolute Gasteiger partial charge is 0.416 e. The van der Waals surface area contributed by atoms with Crippen LogP contribution in [0.1, 0.15) is 38.8 Å². The van der Waals surface area contributed by atoms with E-state index in [4.69, 9.17) is 0 Å². The summed E-state index contributed by atoms with van der Waals surface area (Å²) in [5.41, 5.74) is -0.696. The van der Waals surface area contributed by atoms with Crippen LogP contribution in [-0.4, -0.2) is 20.1 Å². The summed E-state index contributed by atoms with van der Waals surface area (Å²) in [5, 5.41) is 9.37. The standard InChI is InChI=1S/C13H16F3NO2S/c1-8(17-20(19)12(2,3)4)9-5-10(13(14,15)16)7-11(18)6-9/h5-7,18H,1-4H3. The lowest BCUT2D eigenvalue weighted by molar-refractivity contribution is -0.137. The molecule has 20 heavy (non-hydrogen) atoms. The van der Waals surface area contributed by atoms with E-state index in [1.54, 1.807) is 20.8 Å². The van der Waals surface area contributed by atoms with Gasteiger partial charge in [-0.2, -0.15) is 13.2 Å². The predicted octanol–water partition coefficient (Wildman–Crippen LogP) is 3.68. The molecule has 0 aliphatic rings. The maximum atomic E-state index is 12.7. The van der Waals surface area contributed by atoms with Gasteiger partial charge in [0.15, 0.2) is 0 Å². The molecule has 7 heteroatoms. The van der Waals surface area contributed by atoms with Crippen LogP contribution in [0.25, 0.3) is 0 Å². The molecule has 0 heterocycles. The van der Waals surface area contributed by atoms with Gasteiger partial charge in [0.2, 0.25) is 0 Å². The largest absolute Gasteiger partial charge is 0.591 e. The molecule has 1 N–H and O–H groups in total. The fourth-order valence-electron chi connectivity index (χ4n) is 1.30. The number of halogens is 3. The lowest BCUT2D eigenvalue weighted by atomic mass is 10.1. The van der Waals surface area contributed by atoms with Gasteiger partial charge in [0, 0.05) is 5.56 Å². The van der Waals surface area contributed by atoms with Gasteiger partial charge in [0.1, 0.15) is 21.9 Å². The molecule has 1 unspecified atom stereocenters. The number of phenols is 1. The van der Waals surface area contributed by atoms with Crippen molar-refractivity contribution >= 4 is 17.1 Å². The van der Waals surface area contributed by atoms with E-state index in [1.165, 1.54) is 6.92 Å². The van der Waals surface area contributed by atoms with E-state index < -0.39 is 33.6 Å². The van der Waals surface area contributed by atoms with Gasteiger partial charge in [0.25, 0.3) is 0 Å². The third-order valence-corrected chi connectivity index (χ3v) is 3.89. The molecule has 0 aliphatic carbocycles. The Balaban J connectivity index is 3.20. The summed E-state index contributed by atoms with van der Waals surface area (Å²) < 4.78 is 53.1. The maximum absolute atomic E-state index is 12.7. The van der Waals surface area contributed by atoms with Crippen LogP contribution in [0.15, 0.2) is 22.6 Å². The van der Waals surface area contributed by atoms with E-state index in [0.717, 1.165) is 12.1 Å². The number of benzene rings is 1. The molecule has 0 aromatic heterocycles. The summed E-state index contributed by atoms with van der Waals surface area (Å²) in [7, 11) is 0. The summed E-state index contributed by atoms with van der Waals surface area (Å²) >= 11 is -1.58. The van der Waals surface area contributed by atoms with Crippen LogP contribution in [0.3, 0.4) is 0 Å². The molecule has 1 aromatic carbocycles. The summed E-state index contributed by atoms with van der Waals surface area (Å²) in [6.07, 6.45) is -4.56. The number of aromatic hydroxyl groups is 1. The predicted molar refractivity (Wildman–Crippen MR) is 73.2 cm³/mol. The van der Waals surface area contributed by atoms with Crippen molar-refractivity contribution in [2.45, 2.75) is 38.6 Å². The zero-order valence-corrected chi connectivity index (χ0v) is 12.4. The monoisotopic (exact) mass is 307 g/mol. The number of hydrogen-bond acceptors (Lipinski definition) is 3. The highest BCUT2D eigenvalue weighted by molar-refractivity contribution is 7.91. The van der Waals surface area contributed by atoms with E-state index in [1.807, 2.05) is 0 Å². The molecular formula is C13H16F3NO2S. The summed E-state index contributed by atoms with van der Waals surface area (Å²) in [6.45, 7) is 6.59. The van der Waals surface area contributed by atoms with Crippen molar-refractivity contribution in [1.82, 2.24) is 0 Å². The van der Waals surface area contributed by atoms with Gasteiger partial charge in [0.05, 0.1) is 11.3 Å². The first kappa shape index (κ1) is 16.8. The Kier molecular flexibility index (Phi) is 4.76. The summed E-state index contributed by atoms with van der Waals surface area (Å²) in [6, 6.07) is 2.67. The van der Waals surface area contributed by atoms with Crippen LogP contribution in [0.5, 0.6) is 5.75 Å². The Morgan fingerprint density at radius 2 is 1.75 bits per heavy atom. The molecule has 1 rings (SSSR count). The van der Waals surface area contributed by atoms with E-state index in [2.05, 4.69) is 4.40 Å². The molecule has 0 aliphatic heterocycles. The Hall–Kier alpha value is -1.21. The lowest BCUT2D eigenvalue weighted by Crippen LogP contribution is -2.26. The minimum atomic E-state index is -4.56. The second kappa shape index (κ2) is 5.65. The molecule has 0 amide bonds. The van der Waals surface area contributed by atoms with Gasteiger partial charge in [-0.15, -0.1) is 0 Å². The Morgan fingerprint density at radius 1 is 1.20 bits per heavy atom. The van der Waals surface area contributed by atoms with E-state index in [0.29, 0.717) is 6.07 Å². The van der Waals surface area contributed by atoms with Crippen molar-refractivity contribution in [3.63, 3.8) is 0 Å². The van der Waals surface area contributed by atoms with Crippen molar-refractivity contribution in [2.75, 3.05) is 0 Å². The molecule has 1 aromatic rings. The molecule has 0 saturated heterocycles. The zero-order chi connectivity index (χ0) is 15.7. The van der Waals surface area contributed by atoms with Crippen molar-refractivity contribution in [3.05, 3.63) is 29.3 Å². The van der Waals surface area contributed by atoms with Crippen molar-refractivity contribution in [3.8, 4) is 5.75 Å². The highest BCUT2D eigenvalue weighted by atomic mass is 32.2. The highest BCUT2D eigenvalue weighted by Gasteiger charge is 2.32. The van der Waals surface area contributed by atoms with Crippen LogP contribution in [-0.2, 0) is 17.5 Å². The molecule has 3 nitrogen and oxygen atoms in total. The number of phenolic OH excluding ortho intramolecular Hbond substituents is 1. The zero-order valence-electron chi connectivity index (χ0n) is 11.6. The van der Waals surface area contributed by atoms with E-state index in [9.17, 15) is 22.8 Å². The molecule has 0 fully saturated rings. The normalized spacial score (nSPS) is 15.3. The molecule has 0 bridgehead atoms. The Morgan fingerprint density at radius 3 is 2.20 bits per heavy atom. The van der Waals surface area contributed by atoms with Crippen molar-refractivity contribution < 1.29 is 22.8 Å². The topological polar surface area (TPSA) is 55.7 Å². The van der Waals surface area contributed by atoms with Crippen LogP contribution >= 0.6 is 0 Å². The van der Waals surface area contributed by atoms with Crippen LogP contribution < -0.4 is 0 Å². The number of hydrogen-bond donors (Lipinski definition) is 1. The fourth-order valence-corrected chi connectivity index (χ4v) is 1.93. The number of nitrogens with zero attached hydrogens (tertiary/aromatic N) is 1. The van der Waals surface area contributed by atoms with Gasteiger partial charge in [-0.05, 0) is 45.9 Å². The number of rotatable bonds is 2. The average Bonchev–Trinajstić information content (AvgIpc) is 2.25. The van der Waals surface area contributed by atoms with Gasteiger partial charge in [-0.1, -0.05) is 4.40 Å². The summed E-state index contributed by atoms with van der Waals surface area (Å²) in [4.78, 5) is 0. The number of alkyl halides is 3. The van der Waals surface area contributed by atoms with Gasteiger partial charge >= 0.3 is 6.18 Å². The van der Waals surface area contributed by atoms with Crippen molar-refractivity contribution in [1.29, 1.82) is 0 Å². The SMILES string of the molecule is CC(=N[S+]([O-])C(C)(C)C)c1cc(O)cc(C(F)(F)F)c1. The highest BCUT2D eigenvalue weighted by Crippen LogP contribution is 2.32. The quantitative estimate of drug-likeness (QED) is 0.669. The Bertz CT molecular complexity index is 521. The molecule has 112 valence electrons. The molecule has 0 saturated carbocycles. The average molecular weight is 307 g/mol. The van der Waals surface area contributed by atoms with Crippen LogP contribution in [0.4, 0.5) is 13.2 Å². The maximum Gasteiger partial charge on any atom is 0.416 e. The first-order chi connectivity index (χ1) is 8.91. The first-order valence-corrected chi connectivity index (χ1v) is 6.91. The van der Waals surface area contributed by atoms with E-state index >= 15 is 0 Å². The second-order valence-electron chi connectivity index (χ2n) is 5.30. The third kappa shape index (κ3) is 4.42. The van der Waals surface area contributed by atoms with Gasteiger partial charge in [-0.25, -0.2) is 0 Å².